The first-order valence-electron chi connectivity index (χ1n) is 28.5. The van der Waals surface area contributed by atoms with Crippen molar-refractivity contribution in [2.24, 2.45) is 23.7 Å². The molecule has 81 heavy (non-hydrogen) atoms. The van der Waals surface area contributed by atoms with Gasteiger partial charge in [0.15, 0.2) is 24.7 Å². The van der Waals surface area contributed by atoms with Crippen molar-refractivity contribution in [3.8, 4) is 5.75 Å². The highest BCUT2D eigenvalue weighted by Crippen LogP contribution is 2.39. The third-order valence-electron chi connectivity index (χ3n) is 16.7. The zero-order chi connectivity index (χ0) is 60.2. The first-order chi connectivity index (χ1) is 38.2. The molecule has 1 unspecified atom stereocenters. The molecule has 5 rings (SSSR count). The van der Waals surface area contributed by atoms with Crippen molar-refractivity contribution in [1.82, 2.24) is 15.1 Å². The van der Waals surface area contributed by atoms with Crippen LogP contribution in [0.15, 0.2) is 48.1 Å². The van der Waals surface area contributed by atoms with Crippen molar-refractivity contribution in [3.05, 3.63) is 53.6 Å². The van der Waals surface area contributed by atoms with Crippen LogP contribution in [0, 0.1) is 23.7 Å². The lowest BCUT2D eigenvalue weighted by atomic mass is 9.77. The van der Waals surface area contributed by atoms with E-state index in [1.165, 1.54) is 46.1 Å². The molecule has 2 amide bonds. The van der Waals surface area contributed by atoms with Crippen LogP contribution in [0.2, 0.25) is 0 Å². The molecule has 460 valence electrons. The number of carbonyl (C=O) groups excluding carboxylic acids is 4. The van der Waals surface area contributed by atoms with Crippen LogP contribution in [0.5, 0.6) is 5.75 Å². The van der Waals surface area contributed by atoms with E-state index in [-0.39, 0.29) is 38.2 Å². The number of ether oxygens (including phenoxy) is 10. The van der Waals surface area contributed by atoms with E-state index in [1.54, 1.807) is 73.7 Å². The van der Waals surface area contributed by atoms with Crippen LogP contribution in [0.4, 0.5) is 0 Å². The van der Waals surface area contributed by atoms with Gasteiger partial charge in [0.1, 0.15) is 54.5 Å². The summed E-state index contributed by atoms with van der Waals surface area (Å²) in [7, 11) is 9.48. The normalized spacial score (nSPS) is 39.0. The number of allylic oxidation sites excluding steroid dienone is 3. The minimum Gasteiger partial charge on any atom is -0.497 e. The van der Waals surface area contributed by atoms with Crippen molar-refractivity contribution < 1.29 is 92.1 Å². The van der Waals surface area contributed by atoms with Gasteiger partial charge in [0.25, 0.3) is 0 Å². The summed E-state index contributed by atoms with van der Waals surface area (Å²) in [5.74, 6) is -4.46. The first kappa shape index (κ1) is 67.8. The standard InChI is InChI=1S/C59H95N3O19/c1-16-45-40(30-75-58-54(74-15)53(73-14)49(67)34(5)77-58)25-31(2)17-22-43(64)32(3)26-39(27-42(62(12)37(8)63)56(70)60-24-23-38-18-20-41(72-13)21-19-38)51(33(4)44(65)28-46(66)79-45)81-57-50(68)48(61(10)11)52(35(6)78-57)80-47-29-59(9,71)55(69)36(7)76-47/h17-22,25,32-36,39-40,42,44-45,47-55,57-58,65,67-69,71H,16,23-24,26-30H2,1-15H3,(H,60,70)/b22-17+,31-25+/t32-,33+,34-,35-,36+,39-,40-,42?,44-,45-,47+,48-,49-,50-,51-,52-,53-,54-,55+,57+,58-,59-/m1/s1. The summed E-state index contributed by atoms with van der Waals surface area (Å²) in [6.07, 6.45) is -10.2. The lowest BCUT2D eigenvalue weighted by Crippen LogP contribution is -2.65. The largest absolute Gasteiger partial charge is 0.497 e. The number of rotatable bonds is 19. The van der Waals surface area contributed by atoms with Crippen LogP contribution < -0.4 is 10.1 Å². The van der Waals surface area contributed by atoms with Crippen molar-refractivity contribution >= 4 is 23.6 Å². The summed E-state index contributed by atoms with van der Waals surface area (Å²) < 4.78 is 61.1. The highest BCUT2D eigenvalue weighted by molar-refractivity contribution is 5.92. The van der Waals surface area contributed by atoms with E-state index < -0.39 is 158 Å². The van der Waals surface area contributed by atoms with Gasteiger partial charge in [-0.3, -0.25) is 19.2 Å². The van der Waals surface area contributed by atoms with E-state index in [0.29, 0.717) is 24.2 Å². The van der Waals surface area contributed by atoms with Crippen molar-refractivity contribution in [2.75, 3.05) is 55.6 Å². The van der Waals surface area contributed by atoms with Crippen LogP contribution in [0.3, 0.4) is 0 Å². The van der Waals surface area contributed by atoms with Crippen LogP contribution in [-0.2, 0) is 68.2 Å². The van der Waals surface area contributed by atoms with Gasteiger partial charge in [-0.2, -0.15) is 0 Å². The highest BCUT2D eigenvalue weighted by Gasteiger charge is 2.52. The van der Waals surface area contributed by atoms with Crippen LogP contribution in [-0.4, -0.2) is 224 Å². The Balaban J connectivity index is 1.54. The number of benzene rings is 1. The number of esters is 1. The number of carbonyl (C=O) groups is 4. The zero-order valence-electron chi connectivity index (χ0n) is 50.2. The Morgan fingerprint density at radius 3 is 2.09 bits per heavy atom. The highest BCUT2D eigenvalue weighted by atomic mass is 16.7. The average molecular weight is 1150 g/mol. The number of methoxy groups -OCH3 is 3. The van der Waals surface area contributed by atoms with Crippen molar-refractivity contribution in [2.45, 2.75) is 211 Å². The molecule has 4 aliphatic heterocycles. The quantitative estimate of drug-likeness (QED) is 0.109. The summed E-state index contributed by atoms with van der Waals surface area (Å²) in [5.41, 5.74) is 0.0282. The Kier molecular flexibility index (Phi) is 25.7. The number of aliphatic hydroxyl groups is 5. The molecular formula is C59H95N3O19. The predicted octanol–water partition coefficient (Wildman–Crippen LogP) is 2.85. The van der Waals surface area contributed by atoms with E-state index >= 15 is 0 Å². The van der Waals surface area contributed by atoms with Crippen molar-refractivity contribution in [1.29, 1.82) is 0 Å². The molecule has 4 aliphatic rings. The molecule has 22 heteroatoms. The smallest absolute Gasteiger partial charge is 0.308 e. The zero-order valence-corrected chi connectivity index (χ0v) is 50.2. The molecule has 6 N–H and O–H groups in total. The SMILES string of the molecule is CC[C@H]1OC(=O)C[C@@H](O)[C@H](C)[C@@H](O[C@@H]2O[C@H](C)[C@@H](O[C@H]3C[C@@](C)(O)[C@@H](O)[C@H](C)O3)[C@H](N(C)C)[C@H]2O)[C@@H](CC(C(=O)NCCc2ccc(OC)cc2)N(C)C(C)=O)C[C@@H](C)C(=O)/C=C/C(C)=C/[C@@H]1CO[C@@H]1O[C@H](C)[C@@H](O)[C@@H](OC)[C@H]1OC. The maximum atomic E-state index is 14.5. The summed E-state index contributed by atoms with van der Waals surface area (Å²) in [4.78, 5) is 59.6. The number of nitrogens with one attached hydrogen (secondary N) is 1. The summed E-state index contributed by atoms with van der Waals surface area (Å²) in [6.45, 7) is 15.1. The molecule has 1 aromatic rings. The molecule has 0 radical (unpaired) electrons. The van der Waals surface area contributed by atoms with Crippen LogP contribution in [0.25, 0.3) is 0 Å². The maximum absolute atomic E-state index is 14.5. The lowest BCUT2D eigenvalue weighted by molar-refractivity contribution is -0.342. The molecule has 22 atom stereocenters. The van der Waals surface area contributed by atoms with Gasteiger partial charge in [-0.1, -0.05) is 50.6 Å². The van der Waals surface area contributed by atoms with Gasteiger partial charge in [-0.25, -0.2) is 0 Å². The number of ketones is 1. The minimum absolute atomic E-state index is 0.0374. The molecule has 4 heterocycles. The summed E-state index contributed by atoms with van der Waals surface area (Å²) in [6, 6.07) is 5.45. The molecule has 0 aliphatic carbocycles. The van der Waals surface area contributed by atoms with Gasteiger partial charge in [0.05, 0.1) is 62.3 Å². The first-order valence-corrected chi connectivity index (χ1v) is 28.5. The fraction of sp³-hybridized carbons (Fsp3) is 0.763. The summed E-state index contributed by atoms with van der Waals surface area (Å²) in [5, 5.41) is 60.3. The molecule has 0 bridgehead atoms. The Morgan fingerprint density at radius 1 is 0.840 bits per heavy atom. The van der Waals surface area contributed by atoms with Crippen molar-refractivity contribution in [3.63, 3.8) is 0 Å². The Labute approximate surface area is 478 Å². The minimum atomic E-state index is -1.54. The number of hydrogen-bond acceptors (Lipinski definition) is 20. The number of nitrogens with zero attached hydrogens (tertiary/aromatic N) is 2. The third kappa shape index (κ3) is 17.8. The Hall–Kier alpha value is -3.98. The number of cyclic esters (lactones) is 1. The fourth-order valence-corrected chi connectivity index (χ4v) is 11.6. The Morgan fingerprint density at radius 2 is 1.49 bits per heavy atom. The van der Waals surface area contributed by atoms with Crippen LogP contribution >= 0.6 is 0 Å². The molecule has 1 aromatic carbocycles. The number of likely N-dealkylation sites (N-methyl/N-ethyl adjacent to an activating group) is 2. The van der Waals surface area contributed by atoms with E-state index in [0.717, 1.165) is 5.56 Å². The van der Waals surface area contributed by atoms with Gasteiger partial charge in [-0.05, 0) is 104 Å². The molecule has 22 nitrogen and oxygen atoms in total. The van der Waals surface area contributed by atoms with Gasteiger partial charge >= 0.3 is 5.97 Å². The Bertz CT molecular complexity index is 2230. The second-order valence-corrected chi connectivity index (χ2v) is 23.1. The van der Waals surface area contributed by atoms with Gasteiger partial charge in [0.2, 0.25) is 11.8 Å². The monoisotopic (exact) mass is 1150 g/mol. The molecule has 0 aromatic heterocycles. The fourth-order valence-electron chi connectivity index (χ4n) is 11.6. The number of amides is 2. The lowest BCUT2D eigenvalue weighted by Gasteiger charge is -2.50. The van der Waals surface area contributed by atoms with Gasteiger partial charge < -0.3 is 88.0 Å². The second kappa shape index (κ2) is 30.7. The van der Waals surface area contributed by atoms with Gasteiger partial charge in [-0.15, -0.1) is 0 Å². The third-order valence-corrected chi connectivity index (χ3v) is 16.7. The van der Waals surface area contributed by atoms with E-state index in [9.17, 15) is 44.7 Å². The number of aliphatic hydroxyl groups excluding tert-OH is 4. The predicted molar refractivity (Wildman–Crippen MR) is 296 cm³/mol. The van der Waals surface area contributed by atoms with E-state index in [1.807, 2.05) is 37.3 Å². The van der Waals surface area contributed by atoms with Crippen LogP contribution in [0.1, 0.15) is 100.0 Å². The maximum Gasteiger partial charge on any atom is 0.308 e. The molecule has 0 saturated carbocycles. The van der Waals surface area contributed by atoms with E-state index in [4.69, 9.17) is 47.4 Å². The average Bonchev–Trinajstić information content (AvgIpc) is 3.51. The molecule has 3 fully saturated rings. The molecular weight excluding hydrogens is 1050 g/mol. The van der Waals surface area contributed by atoms with Gasteiger partial charge in [0, 0.05) is 58.9 Å². The summed E-state index contributed by atoms with van der Waals surface area (Å²) >= 11 is 0. The molecule has 3 saturated heterocycles. The van der Waals surface area contributed by atoms with E-state index in [2.05, 4.69) is 5.32 Å². The second-order valence-electron chi connectivity index (χ2n) is 23.1. The molecule has 0 spiro atoms. The topological polar surface area (TPSA) is 280 Å². The number of hydrogen-bond donors (Lipinski definition) is 6.